The van der Waals surface area contributed by atoms with E-state index >= 15 is 0 Å². The number of halogens is 2. The molecule has 0 fully saturated rings. The van der Waals surface area contributed by atoms with Gasteiger partial charge in [0.05, 0.1) is 51.3 Å². The number of nitrogens with zero attached hydrogens (tertiary/aromatic N) is 4. The van der Waals surface area contributed by atoms with E-state index in [0.717, 1.165) is 16.8 Å². The highest BCUT2D eigenvalue weighted by molar-refractivity contribution is 7.92. The number of pyridine rings is 2. The van der Waals surface area contributed by atoms with Gasteiger partial charge in [-0.1, -0.05) is 12.1 Å². The topological polar surface area (TPSA) is 110 Å². The molecule has 222 valence electrons. The fourth-order valence-electron chi connectivity index (χ4n) is 5.76. The quantitative estimate of drug-likeness (QED) is 0.253. The van der Waals surface area contributed by atoms with Crippen LogP contribution in [0, 0.1) is 11.6 Å². The van der Waals surface area contributed by atoms with Crippen molar-refractivity contribution in [2.75, 3.05) is 17.5 Å². The van der Waals surface area contributed by atoms with Gasteiger partial charge in [0.2, 0.25) is 10.0 Å². The number of sulfonamides is 1. The largest absolute Gasteiger partial charge is 0.355 e. The minimum absolute atomic E-state index is 0.169. The smallest absolute Gasteiger partial charge is 0.255 e. The van der Waals surface area contributed by atoms with Gasteiger partial charge in [-0.2, -0.15) is 5.10 Å². The van der Waals surface area contributed by atoms with Crippen molar-refractivity contribution in [2.45, 2.75) is 19.9 Å². The Balaban J connectivity index is 1.47. The molecule has 0 radical (unpaired) electrons. The van der Waals surface area contributed by atoms with Crippen LogP contribution in [0.25, 0.3) is 50.3 Å². The molecule has 1 aliphatic heterocycles. The Morgan fingerprint density at radius 1 is 1.00 bits per heavy atom. The summed E-state index contributed by atoms with van der Waals surface area (Å²) in [5.74, 6) is -1.34. The molecule has 12 heteroatoms. The zero-order chi connectivity index (χ0) is 30.7. The third kappa shape index (κ3) is 4.49. The predicted molar refractivity (Wildman–Crippen MR) is 165 cm³/mol. The van der Waals surface area contributed by atoms with Gasteiger partial charge in [0.15, 0.2) is 0 Å². The maximum Gasteiger partial charge on any atom is 0.255 e. The Kier molecular flexibility index (Phi) is 6.47. The third-order valence-electron chi connectivity index (χ3n) is 7.98. The zero-order valence-electron chi connectivity index (χ0n) is 23.7. The number of amides is 1. The molecule has 7 rings (SSSR count). The van der Waals surface area contributed by atoms with Gasteiger partial charge in [-0.05, 0) is 73.5 Å². The van der Waals surface area contributed by atoms with Gasteiger partial charge in [0, 0.05) is 30.1 Å². The number of carbonyl (C=O) groups excluding carboxylic acids is 1. The third-order valence-corrected chi connectivity index (χ3v) is 9.27. The molecule has 2 aromatic carbocycles. The number of hydrogen-bond acceptors (Lipinski definition) is 5. The summed E-state index contributed by atoms with van der Waals surface area (Å²) in [6, 6.07) is 17.8. The second-order valence-electron chi connectivity index (χ2n) is 10.6. The molecule has 6 aromatic rings. The molecule has 2 N–H and O–H groups in total. The highest BCUT2D eigenvalue weighted by Gasteiger charge is 2.26. The first-order chi connectivity index (χ1) is 21.2. The van der Waals surface area contributed by atoms with Crippen molar-refractivity contribution in [2.24, 2.45) is 0 Å². The molecule has 0 unspecified atom stereocenters. The van der Waals surface area contributed by atoms with E-state index < -0.39 is 21.7 Å². The van der Waals surface area contributed by atoms with Crippen LogP contribution in [-0.2, 0) is 23.0 Å². The summed E-state index contributed by atoms with van der Waals surface area (Å²) in [6.45, 7) is 2.20. The van der Waals surface area contributed by atoms with Crippen LogP contribution in [0.2, 0.25) is 0 Å². The second kappa shape index (κ2) is 10.3. The van der Waals surface area contributed by atoms with E-state index in [1.807, 2.05) is 22.8 Å². The fraction of sp³-hybridized carbons (Fsp3) is 0.156. The monoisotopic (exact) mass is 612 g/mol. The maximum atomic E-state index is 14.7. The second-order valence-corrected chi connectivity index (χ2v) is 12.6. The normalized spacial score (nSPS) is 12.7. The number of nitrogens with one attached hydrogen (secondary N) is 2. The Labute approximate surface area is 251 Å². The summed E-state index contributed by atoms with van der Waals surface area (Å²) >= 11 is 0. The first-order valence-corrected chi connectivity index (χ1v) is 15.7. The number of anilines is 1. The highest BCUT2D eigenvalue weighted by Crippen LogP contribution is 2.38. The molecule has 4 aromatic heterocycles. The number of aromatic nitrogens is 4. The summed E-state index contributed by atoms with van der Waals surface area (Å²) in [5, 5.41) is 7.75. The zero-order valence-corrected chi connectivity index (χ0v) is 24.5. The summed E-state index contributed by atoms with van der Waals surface area (Å²) in [6.07, 6.45) is 2.19. The van der Waals surface area contributed by atoms with Crippen molar-refractivity contribution in [1.82, 2.24) is 24.5 Å². The molecule has 1 amide bonds. The van der Waals surface area contributed by atoms with Gasteiger partial charge >= 0.3 is 0 Å². The van der Waals surface area contributed by atoms with E-state index in [1.165, 1.54) is 55.0 Å². The van der Waals surface area contributed by atoms with E-state index in [-0.39, 0.29) is 22.8 Å². The molecule has 0 bridgehead atoms. The summed E-state index contributed by atoms with van der Waals surface area (Å²) < 4.78 is 60.1. The molecule has 44 heavy (non-hydrogen) atoms. The van der Waals surface area contributed by atoms with Crippen LogP contribution >= 0.6 is 0 Å². The van der Waals surface area contributed by atoms with Gasteiger partial charge in [-0.15, -0.1) is 0 Å². The molecule has 0 spiro atoms. The molecular weight excluding hydrogens is 586 g/mol. The number of rotatable bonds is 6. The average molecular weight is 613 g/mol. The molecule has 0 aliphatic carbocycles. The molecule has 0 atom stereocenters. The number of benzene rings is 2. The maximum absolute atomic E-state index is 14.7. The molecule has 0 saturated heterocycles. The minimum Gasteiger partial charge on any atom is -0.355 e. The summed E-state index contributed by atoms with van der Waals surface area (Å²) in [4.78, 5) is 18.2. The lowest BCUT2D eigenvalue weighted by molar-refractivity contribution is 0.0965. The van der Waals surface area contributed by atoms with Crippen LogP contribution in [0.3, 0.4) is 0 Å². The van der Waals surface area contributed by atoms with E-state index in [0.29, 0.717) is 52.1 Å². The van der Waals surface area contributed by atoms with Crippen molar-refractivity contribution in [1.29, 1.82) is 0 Å². The Hall–Kier alpha value is -5.10. The van der Waals surface area contributed by atoms with Crippen molar-refractivity contribution in [3.8, 4) is 33.9 Å². The van der Waals surface area contributed by atoms with Crippen LogP contribution in [0.4, 0.5) is 14.5 Å². The van der Waals surface area contributed by atoms with Gasteiger partial charge in [0.1, 0.15) is 17.3 Å². The van der Waals surface area contributed by atoms with Crippen LogP contribution in [0.5, 0.6) is 0 Å². The van der Waals surface area contributed by atoms with Crippen molar-refractivity contribution < 1.29 is 22.0 Å². The van der Waals surface area contributed by atoms with Gasteiger partial charge < -0.3 is 9.88 Å². The van der Waals surface area contributed by atoms with Crippen molar-refractivity contribution in [3.05, 3.63) is 95.7 Å². The Morgan fingerprint density at radius 2 is 1.80 bits per heavy atom. The predicted octanol–water partition coefficient (Wildman–Crippen LogP) is 5.64. The molecule has 5 heterocycles. The fourth-order valence-corrected chi connectivity index (χ4v) is 6.40. The lowest BCUT2D eigenvalue weighted by Crippen LogP contribution is -2.18. The number of aryl methyl sites for hydroxylation is 2. The van der Waals surface area contributed by atoms with Crippen LogP contribution in [0.1, 0.15) is 22.8 Å². The molecule has 0 saturated carbocycles. The van der Waals surface area contributed by atoms with Gasteiger partial charge in [0.25, 0.3) is 5.91 Å². The van der Waals surface area contributed by atoms with Crippen LogP contribution < -0.4 is 10.0 Å². The van der Waals surface area contributed by atoms with Gasteiger partial charge in [-0.25, -0.2) is 26.7 Å². The Bertz CT molecular complexity index is 2240. The SMILES string of the molecule is CCS(=O)(=O)Nc1cn2nc(-c3ccc(F)cc3)c(C(=O)NC)c2cc1-c1ccc2c(n1)-c1cc3c(F)cccc3n1CC2. The average Bonchev–Trinajstić information content (AvgIpc) is 3.60. The van der Waals surface area contributed by atoms with Gasteiger partial charge in [-0.3, -0.25) is 9.52 Å². The molecular formula is C32H26F2N6O3S. The number of carbonyl (C=O) groups is 1. The molecule has 9 nitrogen and oxygen atoms in total. The van der Waals surface area contributed by atoms with E-state index in [4.69, 9.17) is 4.98 Å². The highest BCUT2D eigenvalue weighted by atomic mass is 32.2. The van der Waals surface area contributed by atoms with Crippen molar-refractivity contribution in [3.63, 3.8) is 0 Å². The summed E-state index contributed by atoms with van der Waals surface area (Å²) in [5.41, 5.74) is 5.72. The molecule has 1 aliphatic rings. The van der Waals surface area contributed by atoms with E-state index in [9.17, 15) is 22.0 Å². The first kappa shape index (κ1) is 27.7. The van der Waals surface area contributed by atoms with Crippen LogP contribution in [0.15, 0.2) is 72.9 Å². The van der Waals surface area contributed by atoms with Crippen molar-refractivity contribution >= 4 is 38.0 Å². The van der Waals surface area contributed by atoms with Crippen LogP contribution in [-0.4, -0.2) is 46.3 Å². The lowest BCUT2D eigenvalue weighted by Gasteiger charge is -2.20. The number of fused-ring (bicyclic) bond motifs is 6. The van der Waals surface area contributed by atoms with E-state index in [1.54, 1.807) is 18.2 Å². The standard InChI is InChI=1S/C32H26F2N6O3S/c1-3-44(42,43)38-25-17-40-27(29(32(41)35-2)31(37-40)18-7-10-20(33)11-8-18)16-22(25)24-12-9-19-13-14-39-26-6-4-5-23(34)21(26)15-28(39)30(19)36-24/h4-12,15-17,38H,3,13-14H2,1-2H3,(H,35,41). The number of hydrogen-bond donors (Lipinski definition) is 2. The Morgan fingerprint density at radius 3 is 2.55 bits per heavy atom. The summed E-state index contributed by atoms with van der Waals surface area (Å²) in [7, 11) is -2.23. The van der Waals surface area contributed by atoms with E-state index in [2.05, 4.69) is 15.1 Å². The lowest BCUT2D eigenvalue weighted by atomic mass is 10.0. The minimum atomic E-state index is -3.73. The first-order valence-electron chi connectivity index (χ1n) is 14.0.